The third-order valence-electron chi connectivity index (χ3n) is 6.02. The van der Waals surface area contributed by atoms with Crippen LogP contribution in [0.25, 0.3) is 10.9 Å². The lowest BCUT2D eigenvalue weighted by atomic mass is 10.0. The van der Waals surface area contributed by atoms with Crippen molar-refractivity contribution in [3.8, 4) is 6.07 Å². The van der Waals surface area contributed by atoms with Crippen LogP contribution in [0.5, 0.6) is 0 Å². The molecule has 3 N–H and O–H groups in total. The molecule has 0 spiro atoms. The summed E-state index contributed by atoms with van der Waals surface area (Å²) in [5.74, 6) is -1.41. The van der Waals surface area contributed by atoms with Gasteiger partial charge in [0.25, 0.3) is 5.91 Å². The van der Waals surface area contributed by atoms with E-state index in [0.29, 0.717) is 42.8 Å². The number of carbonyl (C=O) groups is 3. The average Bonchev–Trinajstić information content (AvgIpc) is 3.19. The molecular formula is C27H30N4O5. The fourth-order valence-electron chi connectivity index (χ4n) is 4.03. The lowest BCUT2D eigenvalue weighted by molar-refractivity contribution is -0.137. The first-order valence-electron chi connectivity index (χ1n) is 11.7. The van der Waals surface area contributed by atoms with Gasteiger partial charge in [-0.1, -0.05) is 12.1 Å². The van der Waals surface area contributed by atoms with Gasteiger partial charge < -0.3 is 25.0 Å². The first-order chi connectivity index (χ1) is 17.2. The van der Waals surface area contributed by atoms with Gasteiger partial charge in [-0.2, -0.15) is 5.26 Å². The smallest absolute Gasteiger partial charge is 0.303 e. The number of carbonyl (C=O) groups excluding carboxylic acids is 2. The topological polar surface area (TPSA) is 133 Å². The highest BCUT2D eigenvalue weighted by Crippen LogP contribution is 2.27. The van der Waals surface area contributed by atoms with E-state index >= 15 is 0 Å². The third-order valence-corrected chi connectivity index (χ3v) is 6.02. The van der Waals surface area contributed by atoms with Crippen molar-refractivity contribution in [3.05, 3.63) is 64.8 Å². The number of carboxylic acids is 1. The number of fused-ring (bicyclic) bond motifs is 1. The molecule has 0 fully saturated rings. The zero-order valence-corrected chi connectivity index (χ0v) is 20.6. The number of carboxylic acid groups (broad SMARTS) is 1. The molecular weight excluding hydrogens is 460 g/mol. The third kappa shape index (κ3) is 6.29. The second-order valence-corrected chi connectivity index (χ2v) is 8.60. The van der Waals surface area contributed by atoms with Gasteiger partial charge in [-0.05, 0) is 62.1 Å². The van der Waals surface area contributed by atoms with E-state index in [9.17, 15) is 19.6 Å². The standard InChI is InChI=1S/C27H30N4O5/c1-17-16-31(24-14-21(9-10-22(17)24)27(35)29-11-12-36-3)18(2)26(34)30-23-13-19(15-28)7-8-20(23)5-4-6-25(32)33/h7-10,13-14,16,18H,4-6,11-12H2,1-3H3,(H,29,35)(H,30,34)(H,32,33)/t18-/m1/s1. The molecule has 0 aliphatic rings. The summed E-state index contributed by atoms with van der Waals surface area (Å²) < 4.78 is 6.80. The first-order valence-corrected chi connectivity index (χ1v) is 11.7. The van der Waals surface area contributed by atoms with Crippen molar-refractivity contribution in [2.75, 3.05) is 25.6 Å². The van der Waals surface area contributed by atoms with Crippen LogP contribution in [0.15, 0.2) is 42.6 Å². The normalized spacial score (nSPS) is 11.6. The lowest BCUT2D eigenvalue weighted by Crippen LogP contribution is -2.27. The molecule has 1 atom stereocenters. The fourth-order valence-corrected chi connectivity index (χ4v) is 4.03. The molecule has 9 heteroatoms. The number of aryl methyl sites for hydroxylation is 2. The number of ether oxygens (including phenoxy) is 1. The van der Waals surface area contributed by atoms with E-state index in [4.69, 9.17) is 9.84 Å². The second-order valence-electron chi connectivity index (χ2n) is 8.60. The monoisotopic (exact) mass is 490 g/mol. The molecule has 36 heavy (non-hydrogen) atoms. The number of amides is 2. The van der Waals surface area contributed by atoms with E-state index in [-0.39, 0.29) is 18.2 Å². The van der Waals surface area contributed by atoms with Gasteiger partial charge in [0.2, 0.25) is 5.91 Å². The van der Waals surface area contributed by atoms with E-state index in [2.05, 4.69) is 16.7 Å². The van der Waals surface area contributed by atoms with Crippen LogP contribution >= 0.6 is 0 Å². The quantitative estimate of drug-likeness (QED) is 0.350. The van der Waals surface area contributed by atoms with Crippen LogP contribution in [0, 0.1) is 18.3 Å². The average molecular weight is 491 g/mol. The lowest BCUT2D eigenvalue weighted by Gasteiger charge is -2.18. The Labute approximate surface area is 209 Å². The number of nitriles is 1. The molecule has 3 rings (SSSR count). The highest BCUT2D eigenvalue weighted by atomic mass is 16.5. The SMILES string of the molecule is COCCNC(=O)c1ccc2c(C)cn([C@H](C)C(=O)Nc3cc(C#N)ccc3CCCC(=O)O)c2c1. The second kappa shape index (κ2) is 12.0. The fraction of sp³-hybridized carbons (Fsp3) is 0.333. The zero-order chi connectivity index (χ0) is 26.2. The number of rotatable bonds is 11. The van der Waals surface area contributed by atoms with E-state index in [1.165, 1.54) is 0 Å². The van der Waals surface area contributed by atoms with Crippen molar-refractivity contribution in [2.24, 2.45) is 0 Å². The van der Waals surface area contributed by atoms with Crippen molar-refractivity contribution >= 4 is 34.4 Å². The number of nitrogens with zero attached hydrogens (tertiary/aromatic N) is 2. The summed E-state index contributed by atoms with van der Waals surface area (Å²) >= 11 is 0. The van der Waals surface area contributed by atoms with Crippen LogP contribution in [0.4, 0.5) is 5.69 Å². The van der Waals surface area contributed by atoms with E-state index in [0.717, 1.165) is 22.0 Å². The predicted molar refractivity (Wildman–Crippen MR) is 136 cm³/mol. The summed E-state index contributed by atoms with van der Waals surface area (Å²) in [5, 5.41) is 24.9. The summed E-state index contributed by atoms with van der Waals surface area (Å²) in [5.41, 5.74) is 3.85. The summed E-state index contributed by atoms with van der Waals surface area (Å²) in [6.45, 7) is 4.51. The number of hydrogen-bond acceptors (Lipinski definition) is 5. The van der Waals surface area contributed by atoms with E-state index in [1.807, 2.05) is 23.8 Å². The molecule has 2 aromatic carbocycles. The molecule has 188 valence electrons. The number of benzene rings is 2. The predicted octanol–water partition coefficient (Wildman–Crippen LogP) is 3.80. The molecule has 1 aromatic heterocycles. The number of aromatic nitrogens is 1. The minimum atomic E-state index is -0.885. The Morgan fingerprint density at radius 1 is 1.19 bits per heavy atom. The zero-order valence-electron chi connectivity index (χ0n) is 20.6. The number of nitrogens with one attached hydrogen (secondary N) is 2. The van der Waals surface area contributed by atoms with Crippen molar-refractivity contribution < 1.29 is 24.2 Å². The Bertz CT molecular complexity index is 1320. The molecule has 0 aliphatic carbocycles. The number of anilines is 1. The number of hydrogen-bond donors (Lipinski definition) is 3. The number of methoxy groups -OCH3 is 1. The van der Waals surface area contributed by atoms with Gasteiger partial charge in [0.1, 0.15) is 6.04 Å². The summed E-state index contributed by atoms with van der Waals surface area (Å²) in [6, 6.07) is 11.8. The van der Waals surface area contributed by atoms with Gasteiger partial charge in [0.15, 0.2) is 0 Å². The van der Waals surface area contributed by atoms with Gasteiger partial charge in [-0.3, -0.25) is 14.4 Å². The van der Waals surface area contributed by atoms with Crippen LogP contribution in [-0.4, -0.2) is 47.7 Å². The van der Waals surface area contributed by atoms with Crippen molar-refractivity contribution in [1.82, 2.24) is 9.88 Å². The highest BCUT2D eigenvalue weighted by Gasteiger charge is 2.20. The maximum atomic E-state index is 13.3. The Hall–Kier alpha value is -4.16. The summed E-state index contributed by atoms with van der Waals surface area (Å²) in [4.78, 5) is 36.7. The van der Waals surface area contributed by atoms with Crippen LogP contribution in [-0.2, 0) is 20.7 Å². The van der Waals surface area contributed by atoms with Gasteiger partial charge in [-0.25, -0.2) is 0 Å². The number of aliphatic carboxylic acids is 1. The minimum Gasteiger partial charge on any atom is -0.481 e. The molecule has 3 aromatic rings. The van der Waals surface area contributed by atoms with Gasteiger partial charge in [-0.15, -0.1) is 0 Å². The van der Waals surface area contributed by atoms with Gasteiger partial charge >= 0.3 is 5.97 Å². The molecule has 1 heterocycles. The Kier molecular flexibility index (Phi) is 8.81. The van der Waals surface area contributed by atoms with Crippen LogP contribution < -0.4 is 10.6 Å². The van der Waals surface area contributed by atoms with Gasteiger partial charge in [0, 0.05) is 48.4 Å². The molecule has 2 amide bonds. The largest absolute Gasteiger partial charge is 0.481 e. The molecule has 0 radical (unpaired) electrons. The first kappa shape index (κ1) is 26.4. The Balaban J connectivity index is 1.86. The molecule has 0 aliphatic heterocycles. The summed E-state index contributed by atoms with van der Waals surface area (Å²) in [6.07, 6.45) is 2.76. The van der Waals surface area contributed by atoms with Crippen LogP contribution in [0.2, 0.25) is 0 Å². The van der Waals surface area contributed by atoms with Crippen LogP contribution in [0.3, 0.4) is 0 Å². The van der Waals surface area contributed by atoms with E-state index in [1.54, 1.807) is 44.4 Å². The minimum absolute atomic E-state index is 0.0137. The molecule has 0 saturated carbocycles. The molecule has 9 nitrogen and oxygen atoms in total. The Morgan fingerprint density at radius 3 is 2.67 bits per heavy atom. The molecule has 0 saturated heterocycles. The summed E-state index contributed by atoms with van der Waals surface area (Å²) in [7, 11) is 1.57. The van der Waals surface area contributed by atoms with Crippen molar-refractivity contribution in [2.45, 2.75) is 39.2 Å². The van der Waals surface area contributed by atoms with E-state index < -0.39 is 12.0 Å². The van der Waals surface area contributed by atoms with Crippen LogP contribution in [0.1, 0.15) is 52.9 Å². The van der Waals surface area contributed by atoms with Crippen molar-refractivity contribution in [3.63, 3.8) is 0 Å². The Morgan fingerprint density at radius 2 is 1.97 bits per heavy atom. The molecule has 0 bridgehead atoms. The highest BCUT2D eigenvalue weighted by molar-refractivity contribution is 6.00. The molecule has 0 unspecified atom stereocenters. The van der Waals surface area contributed by atoms with Crippen molar-refractivity contribution in [1.29, 1.82) is 5.26 Å². The van der Waals surface area contributed by atoms with Gasteiger partial charge in [0.05, 0.1) is 18.2 Å². The maximum Gasteiger partial charge on any atom is 0.303 e. The maximum absolute atomic E-state index is 13.3.